The van der Waals surface area contributed by atoms with Gasteiger partial charge in [0.1, 0.15) is 17.3 Å². The number of aryl methyl sites for hydroxylation is 1. The fraction of sp³-hybridized carbons (Fsp3) is 0.357. The molecule has 2 rings (SSSR count). The zero-order valence-corrected chi connectivity index (χ0v) is 12.6. The molecule has 114 valence electrons. The highest BCUT2D eigenvalue weighted by atomic mass is 35.5. The van der Waals surface area contributed by atoms with Crippen LogP contribution < -0.4 is 5.32 Å². The SMILES string of the molecule is Cc1nc(Cl)n(-c2c(F)cc(F)cc2F)c1NCC(C)C. The third-order valence-electron chi connectivity index (χ3n) is 2.89. The Bertz CT molecular complexity index is 645. The summed E-state index contributed by atoms with van der Waals surface area (Å²) in [4.78, 5) is 4.01. The van der Waals surface area contributed by atoms with Crippen LogP contribution in [-0.2, 0) is 0 Å². The third-order valence-corrected chi connectivity index (χ3v) is 3.15. The smallest absolute Gasteiger partial charge is 0.209 e. The summed E-state index contributed by atoms with van der Waals surface area (Å²) in [6, 6.07) is 1.21. The van der Waals surface area contributed by atoms with E-state index in [4.69, 9.17) is 11.6 Å². The number of nitrogens with one attached hydrogen (secondary N) is 1. The highest BCUT2D eigenvalue weighted by molar-refractivity contribution is 6.29. The lowest BCUT2D eigenvalue weighted by molar-refractivity contribution is 0.534. The molecular formula is C14H15ClF3N3. The summed E-state index contributed by atoms with van der Waals surface area (Å²) < 4.78 is 42.0. The molecule has 7 heteroatoms. The molecule has 0 amide bonds. The van der Waals surface area contributed by atoms with Crippen LogP contribution in [0.2, 0.25) is 5.28 Å². The fourth-order valence-electron chi connectivity index (χ4n) is 1.96. The third kappa shape index (κ3) is 3.15. The molecular weight excluding hydrogens is 303 g/mol. The molecule has 0 bridgehead atoms. The second-order valence-electron chi connectivity index (χ2n) is 5.14. The van der Waals surface area contributed by atoms with Gasteiger partial charge in [-0.2, -0.15) is 0 Å². The van der Waals surface area contributed by atoms with E-state index in [1.54, 1.807) is 6.92 Å². The second kappa shape index (κ2) is 5.97. The molecule has 0 aliphatic carbocycles. The zero-order valence-electron chi connectivity index (χ0n) is 11.8. The number of nitrogens with zero attached hydrogens (tertiary/aromatic N) is 2. The predicted molar refractivity (Wildman–Crippen MR) is 76.5 cm³/mol. The predicted octanol–water partition coefficient (Wildman–Crippen LogP) is 4.32. The van der Waals surface area contributed by atoms with Crippen molar-refractivity contribution in [1.29, 1.82) is 0 Å². The summed E-state index contributed by atoms with van der Waals surface area (Å²) in [7, 11) is 0. The van der Waals surface area contributed by atoms with E-state index in [1.807, 2.05) is 13.8 Å². The summed E-state index contributed by atoms with van der Waals surface area (Å²) in [6.07, 6.45) is 0. The van der Waals surface area contributed by atoms with Crippen molar-refractivity contribution in [2.24, 2.45) is 5.92 Å². The van der Waals surface area contributed by atoms with Crippen molar-refractivity contribution >= 4 is 17.4 Å². The van der Waals surface area contributed by atoms with Crippen molar-refractivity contribution in [3.63, 3.8) is 0 Å². The maximum atomic E-state index is 14.0. The Labute approximate surface area is 125 Å². The molecule has 1 aromatic heterocycles. The van der Waals surface area contributed by atoms with Gasteiger partial charge < -0.3 is 5.32 Å². The standard InChI is InChI=1S/C14H15ClF3N3/c1-7(2)6-19-13-8(3)20-14(15)21(13)12-10(17)4-9(16)5-11(12)18/h4-5,7,19H,6H2,1-3H3. The maximum absolute atomic E-state index is 14.0. The van der Waals surface area contributed by atoms with Gasteiger partial charge in [-0.3, -0.25) is 4.57 Å². The maximum Gasteiger partial charge on any atom is 0.209 e. The van der Waals surface area contributed by atoms with Crippen LogP contribution in [0.25, 0.3) is 5.69 Å². The lowest BCUT2D eigenvalue weighted by Crippen LogP contribution is -2.13. The Hall–Kier alpha value is -1.69. The molecule has 1 N–H and O–H groups in total. The number of halogens is 4. The minimum Gasteiger partial charge on any atom is -0.369 e. The van der Waals surface area contributed by atoms with Crippen molar-refractivity contribution in [2.75, 3.05) is 11.9 Å². The van der Waals surface area contributed by atoms with E-state index in [1.165, 1.54) is 0 Å². The van der Waals surface area contributed by atoms with Crippen LogP contribution in [0.5, 0.6) is 0 Å². The van der Waals surface area contributed by atoms with Gasteiger partial charge in [0.25, 0.3) is 0 Å². The largest absolute Gasteiger partial charge is 0.369 e. The van der Waals surface area contributed by atoms with Crippen molar-refractivity contribution in [3.05, 3.63) is 40.6 Å². The number of aromatic nitrogens is 2. The normalized spacial score (nSPS) is 11.2. The Morgan fingerprint density at radius 3 is 2.33 bits per heavy atom. The van der Waals surface area contributed by atoms with E-state index in [9.17, 15) is 13.2 Å². The first-order valence-electron chi connectivity index (χ1n) is 6.45. The number of anilines is 1. The molecule has 0 radical (unpaired) electrons. The first kappa shape index (κ1) is 15.7. The highest BCUT2D eigenvalue weighted by Crippen LogP contribution is 2.30. The van der Waals surface area contributed by atoms with Crippen LogP contribution in [0.15, 0.2) is 12.1 Å². The Morgan fingerprint density at radius 1 is 1.24 bits per heavy atom. The van der Waals surface area contributed by atoms with E-state index in [2.05, 4.69) is 10.3 Å². The van der Waals surface area contributed by atoms with Gasteiger partial charge in [0.05, 0.1) is 5.69 Å². The van der Waals surface area contributed by atoms with Crippen molar-refractivity contribution < 1.29 is 13.2 Å². The molecule has 0 atom stereocenters. The van der Waals surface area contributed by atoms with E-state index in [-0.39, 0.29) is 5.28 Å². The summed E-state index contributed by atoms with van der Waals surface area (Å²) in [5, 5.41) is 2.96. The molecule has 0 saturated carbocycles. The molecule has 0 spiro atoms. The molecule has 0 unspecified atom stereocenters. The fourth-order valence-corrected chi connectivity index (χ4v) is 2.25. The second-order valence-corrected chi connectivity index (χ2v) is 5.48. The quantitative estimate of drug-likeness (QED) is 0.910. The minimum absolute atomic E-state index is 0.0943. The topological polar surface area (TPSA) is 29.9 Å². The number of rotatable bonds is 4. The van der Waals surface area contributed by atoms with Crippen molar-refractivity contribution in [2.45, 2.75) is 20.8 Å². The van der Waals surface area contributed by atoms with Gasteiger partial charge in [0, 0.05) is 18.7 Å². The highest BCUT2D eigenvalue weighted by Gasteiger charge is 2.21. The molecule has 21 heavy (non-hydrogen) atoms. The Balaban J connectivity index is 2.59. The van der Waals surface area contributed by atoms with E-state index in [0.717, 1.165) is 4.57 Å². The van der Waals surface area contributed by atoms with Crippen LogP contribution in [0, 0.1) is 30.3 Å². The van der Waals surface area contributed by atoms with Crippen LogP contribution in [-0.4, -0.2) is 16.1 Å². The molecule has 0 saturated heterocycles. The molecule has 1 heterocycles. The van der Waals surface area contributed by atoms with Crippen molar-refractivity contribution in [3.8, 4) is 5.69 Å². The van der Waals surface area contributed by atoms with Gasteiger partial charge >= 0.3 is 0 Å². The molecule has 0 aliphatic rings. The molecule has 1 aromatic carbocycles. The summed E-state index contributed by atoms with van der Waals surface area (Å²) in [6.45, 7) is 6.23. The van der Waals surface area contributed by atoms with Crippen LogP contribution in [0.1, 0.15) is 19.5 Å². The Kier molecular flexibility index (Phi) is 4.46. The zero-order chi connectivity index (χ0) is 15.7. The van der Waals surface area contributed by atoms with Crippen LogP contribution in [0.4, 0.5) is 19.0 Å². The summed E-state index contributed by atoms with van der Waals surface area (Å²) in [5.41, 5.74) is 0.0528. The van der Waals surface area contributed by atoms with Crippen molar-refractivity contribution in [1.82, 2.24) is 9.55 Å². The van der Waals surface area contributed by atoms with Crippen LogP contribution in [0.3, 0.4) is 0 Å². The lowest BCUT2D eigenvalue weighted by atomic mass is 10.2. The van der Waals surface area contributed by atoms with Gasteiger partial charge in [0.15, 0.2) is 11.6 Å². The van der Waals surface area contributed by atoms with Gasteiger partial charge in [0.2, 0.25) is 5.28 Å². The molecule has 0 aliphatic heterocycles. The average Bonchev–Trinajstić information content (AvgIpc) is 2.61. The monoisotopic (exact) mass is 317 g/mol. The van der Waals surface area contributed by atoms with Gasteiger partial charge in [-0.1, -0.05) is 13.8 Å². The average molecular weight is 318 g/mol. The minimum atomic E-state index is -1.04. The van der Waals surface area contributed by atoms with Crippen LogP contribution >= 0.6 is 11.6 Å². The molecule has 0 fully saturated rings. The Morgan fingerprint density at radius 2 is 1.81 bits per heavy atom. The van der Waals surface area contributed by atoms with Gasteiger partial charge in [-0.15, -0.1) is 0 Å². The first-order valence-corrected chi connectivity index (χ1v) is 6.82. The van der Waals surface area contributed by atoms with Gasteiger partial charge in [-0.25, -0.2) is 18.2 Å². The lowest BCUT2D eigenvalue weighted by Gasteiger charge is -2.15. The molecule has 2 aromatic rings. The summed E-state index contributed by atoms with van der Waals surface area (Å²) >= 11 is 5.97. The number of imidazole rings is 1. The van der Waals surface area contributed by atoms with E-state index in [0.29, 0.717) is 36.1 Å². The van der Waals surface area contributed by atoms with E-state index < -0.39 is 23.1 Å². The van der Waals surface area contributed by atoms with E-state index >= 15 is 0 Å². The number of hydrogen-bond acceptors (Lipinski definition) is 2. The van der Waals surface area contributed by atoms with Gasteiger partial charge in [-0.05, 0) is 24.4 Å². The number of benzene rings is 1. The molecule has 3 nitrogen and oxygen atoms in total. The summed E-state index contributed by atoms with van der Waals surface area (Å²) in [5.74, 6) is -2.37. The first-order chi connectivity index (χ1) is 9.81. The number of hydrogen-bond donors (Lipinski definition) is 1.